The van der Waals surface area contributed by atoms with Gasteiger partial charge in [-0.05, 0) is 86.6 Å². The lowest BCUT2D eigenvalue weighted by Gasteiger charge is -2.43. The van der Waals surface area contributed by atoms with Crippen molar-refractivity contribution in [2.45, 2.75) is 46.0 Å². The first kappa shape index (κ1) is 29.4. The summed E-state index contributed by atoms with van der Waals surface area (Å²) in [5, 5.41) is 16.3. The highest BCUT2D eigenvalue weighted by molar-refractivity contribution is 6.32. The fourth-order valence-electron chi connectivity index (χ4n) is 5.01. The molecule has 1 aromatic rings. The molecular weight excluding hydrogens is 514 g/mol. The summed E-state index contributed by atoms with van der Waals surface area (Å²) in [6.07, 6.45) is 9.97. The molecule has 2 saturated carbocycles. The molecular formula is C34H42ClN5. The van der Waals surface area contributed by atoms with E-state index in [9.17, 15) is 0 Å². The quantitative estimate of drug-likeness (QED) is 0.227. The van der Waals surface area contributed by atoms with Crippen LogP contribution in [-0.4, -0.2) is 29.4 Å². The summed E-state index contributed by atoms with van der Waals surface area (Å²) < 4.78 is 0. The van der Waals surface area contributed by atoms with Crippen LogP contribution in [0, 0.1) is 29.1 Å². The van der Waals surface area contributed by atoms with Gasteiger partial charge in [0, 0.05) is 53.7 Å². The van der Waals surface area contributed by atoms with Gasteiger partial charge in [-0.25, -0.2) is 0 Å². The van der Waals surface area contributed by atoms with E-state index in [1.54, 1.807) is 12.1 Å². The van der Waals surface area contributed by atoms with Crippen molar-refractivity contribution in [3.63, 3.8) is 0 Å². The van der Waals surface area contributed by atoms with Crippen molar-refractivity contribution in [1.29, 1.82) is 5.26 Å². The maximum absolute atomic E-state index is 9.08. The lowest BCUT2D eigenvalue weighted by atomic mass is 10.00. The molecule has 1 atom stereocenters. The van der Waals surface area contributed by atoms with E-state index >= 15 is 0 Å². The molecule has 6 heteroatoms. The number of allylic oxidation sites excluding steroid dienone is 4. The Morgan fingerprint density at radius 2 is 1.80 bits per heavy atom. The van der Waals surface area contributed by atoms with Crippen molar-refractivity contribution >= 4 is 17.3 Å². The highest BCUT2D eigenvalue weighted by Gasteiger charge is 2.35. The van der Waals surface area contributed by atoms with Crippen LogP contribution in [0.1, 0.15) is 51.5 Å². The molecule has 0 spiro atoms. The van der Waals surface area contributed by atoms with Crippen LogP contribution in [0.4, 0.5) is 5.69 Å². The lowest BCUT2D eigenvalue weighted by molar-refractivity contribution is 0.254. The van der Waals surface area contributed by atoms with Crippen molar-refractivity contribution in [3.8, 4) is 6.07 Å². The minimum atomic E-state index is 0.300. The molecule has 2 aliphatic carbocycles. The third kappa shape index (κ3) is 7.31. The van der Waals surface area contributed by atoms with Crippen molar-refractivity contribution in [2.75, 3.05) is 25.0 Å². The Morgan fingerprint density at radius 3 is 2.38 bits per heavy atom. The molecule has 0 radical (unpaired) electrons. The second-order valence-electron chi connectivity index (χ2n) is 11.5. The van der Waals surface area contributed by atoms with Gasteiger partial charge in [0.1, 0.15) is 11.9 Å². The van der Waals surface area contributed by atoms with Gasteiger partial charge in [-0.1, -0.05) is 57.5 Å². The van der Waals surface area contributed by atoms with Gasteiger partial charge >= 0.3 is 0 Å². The minimum absolute atomic E-state index is 0.300. The van der Waals surface area contributed by atoms with Gasteiger partial charge in [-0.3, -0.25) is 0 Å². The van der Waals surface area contributed by atoms with Gasteiger partial charge in [0.05, 0.1) is 10.6 Å². The van der Waals surface area contributed by atoms with Crippen LogP contribution in [0.25, 0.3) is 0 Å². The van der Waals surface area contributed by atoms with Crippen molar-refractivity contribution in [3.05, 3.63) is 114 Å². The number of rotatable bonds is 14. The fourth-order valence-corrected chi connectivity index (χ4v) is 5.24. The number of nitrogens with one attached hydrogen (secondary N) is 2. The van der Waals surface area contributed by atoms with Gasteiger partial charge < -0.3 is 20.4 Å². The average molecular weight is 556 g/mol. The maximum Gasteiger partial charge on any atom is 0.105 e. The van der Waals surface area contributed by atoms with E-state index in [1.807, 2.05) is 12.1 Å². The molecule has 40 heavy (non-hydrogen) atoms. The summed E-state index contributed by atoms with van der Waals surface area (Å²) in [5.41, 5.74) is 7.27. The molecule has 0 saturated heterocycles. The third-order valence-corrected chi connectivity index (χ3v) is 8.18. The van der Waals surface area contributed by atoms with Crippen molar-refractivity contribution in [2.24, 2.45) is 17.8 Å². The zero-order valence-electron chi connectivity index (χ0n) is 24.0. The zero-order chi connectivity index (χ0) is 29.0. The number of nitrogens with zero attached hydrogens (tertiary/aromatic N) is 3. The molecule has 2 N–H and O–H groups in total. The SMILES string of the molecule is C=C/C(=C\C1=C(C)N(CC2CC2)C(=C)N(CC2CC2)C1=C)C(=C)NCC(C)CC(=C)Nc1ccc(C#N)c(Cl)c1. The molecule has 0 aromatic heterocycles. The van der Waals surface area contributed by atoms with Crippen molar-refractivity contribution < 1.29 is 0 Å². The van der Waals surface area contributed by atoms with Crippen molar-refractivity contribution in [1.82, 2.24) is 15.1 Å². The molecule has 2 fully saturated rings. The van der Waals surface area contributed by atoms with Crippen LogP contribution in [0.5, 0.6) is 0 Å². The molecule has 1 aromatic carbocycles. The summed E-state index contributed by atoms with van der Waals surface area (Å²) in [5.74, 6) is 2.84. The number of hydrogen-bond acceptors (Lipinski definition) is 5. The van der Waals surface area contributed by atoms with Crippen LogP contribution in [0.2, 0.25) is 5.02 Å². The number of benzene rings is 1. The van der Waals surface area contributed by atoms with Gasteiger partial charge in [0.15, 0.2) is 0 Å². The summed E-state index contributed by atoms with van der Waals surface area (Å²) in [7, 11) is 0. The molecule has 1 aliphatic heterocycles. The third-order valence-electron chi connectivity index (χ3n) is 7.87. The molecule has 0 amide bonds. The largest absolute Gasteiger partial charge is 0.385 e. The van der Waals surface area contributed by atoms with E-state index in [0.29, 0.717) is 16.5 Å². The highest BCUT2D eigenvalue weighted by Crippen LogP contribution is 2.41. The number of nitriles is 1. The smallest absolute Gasteiger partial charge is 0.105 e. The average Bonchev–Trinajstić information content (AvgIpc) is 3.84. The van der Waals surface area contributed by atoms with E-state index in [4.69, 9.17) is 16.9 Å². The summed E-state index contributed by atoms with van der Waals surface area (Å²) >= 11 is 6.16. The number of anilines is 1. The van der Waals surface area contributed by atoms with Gasteiger partial charge in [0.25, 0.3) is 0 Å². The Kier molecular flexibility index (Phi) is 9.32. The van der Waals surface area contributed by atoms with Gasteiger partial charge in [-0.15, -0.1) is 0 Å². The highest BCUT2D eigenvalue weighted by atomic mass is 35.5. The first-order chi connectivity index (χ1) is 19.1. The summed E-state index contributed by atoms with van der Waals surface area (Å²) in [4.78, 5) is 4.71. The van der Waals surface area contributed by atoms with E-state index in [-0.39, 0.29) is 0 Å². The topological polar surface area (TPSA) is 54.3 Å². The molecule has 5 nitrogen and oxygen atoms in total. The summed E-state index contributed by atoms with van der Waals surface area (Å²) in [6.45, 7) is 28.6. The molecule has 0 bridgehead atoms. The Balaban J connectivity index is 1.39. The molecule has 210 valence electrons. The van der Waals surface area contributed by atoms with E-state index in [1.165, 1.54) is 31.4 Å². The Morgan fingerprint density at radius 1 is 1.15 bits per heavy atom. The maximum atomic E-state index is 9.08. The van der Waals surface area contributed by atoms with Gasteiger partial charge in [-0.2, -0.15) is 5.26 Å². The van der Waals surface area contributed by atoms with Gasteiger partial charge in [0.2, 0.25) is 0 Å². The zero-order valence-corrected chi connectivity index (χ0v) is 24.8. The predicted molar refractivity (Wildman–Crippen MR) is 168 cm³/mol. The predicted octanol–water partition coefficient (Wildman–Crippen LogP) is 8.08. The number of halogens is 1. The van der Waals surface area contributed by atoms with Crippen LogP contribution in [0.15, 0.2) is 103 Å². The first-order valence-corrected chi connectivity index (χ1v) is 14.5. The Hall–Kier alpha value is -3.62. The van der Waals surface area contributed by atoms with E-state index in [0.717, 1.165) is 77.6 Å². The van der Waals surface area contributed by atoms with Crippen LogP contribution in [-0.2, 0) is 0 Å². The second-order valence-corrected chi connectivity index (χ2v) is 11.9. The molecule has 4 rings (SSSR count). The Labute approximate surface area is 245 Å². The Bertz CT molecular complexity index is 1320. The fraction of sp³-hybridized carbons (Fsp3) is 0.382. The molecule has 1 heterocycles. The van der Waals surface area contributed by atoms with Crippen LogP contribution in [0.3, 0.4) is 0 Å². The normalized spacial score (nSPS) is 18.4. The van der Waals surface area contributed by atoms with E-state index < -0.39 is 0 Å². The van der Waals surface area contributed by atoms with E-state index in [2.05, 4.69) is 79.3 Å². The summed E-state index contributed by atoms with van der Waals surface area (Å²) in [6, 6.07) is 7.38. The molecule has 3 aliphatic rings. The monoisotopic (exact) mass is 555 g/mol. The van der Waals surface area contributed by atoms with Crippen LogP contribution >= 0.6 is 11.6 Å². The second kappa shape index (κ2) is 12.7. The lowest BCUT2D eigenvalue weighted by Crippen LogP contribution is -2.40. The molecule has 1 unspecified atom stereocenters. The first-order valence-electron chi connectivity index (χ1n) is 14.2. The minimum Gasteiger partial charge on any atom is -0.385 e. The van der Waals surface area contributed by atoms with Crippen LogP contribution < -0.4 is 10.6 Å². The number of hydrogen-bond donors (Lipinski definition) is 2. The standard InChI is InChI=1S/C34H42ClN5/c1-8-30(24(4)37-19-22(2)15-23(3)38-32-14-13-31(18-36)34(35)17-32)16-33-25(5)39(20-28-9-10-28)27(7)40(26(33)6)21-29-11-12-29/h8,13-14,16-17,22,28-29,37-38H,1,3-5,7,9-12,15,19-21H2,2,6H3/b30-16+.